The standard InChI is InChI=1S/C11H25N3O2S/c1-10(2)9-14-6-4-11(5-7-14)8-13-17(15,16)12-3/h10-13H,4-9H2,1-3H3. The van der Waals surface area contributed by atoms with Gasteiger partial charge in [0, 0.05) is 20.1 Å². The summed E-state index contributed by atoms with van der Waals surface area (Å²) in [5.41, 5.74) is 0. The third-order valence-electron chi connectivity index (χ3n) is 3.16. The zero-order valence-corrected chi connectivity index (χ0v) is 11.9. The molecule has 1 rings (SSSR count). The number of nitrogens with zero attached hydrogens (tertiary/aromatic N) is 1. The highest BCUT2D eigenvalue weighted by Crippen LogP contribution is 2.17. The van der Waals surface area contributed by atoms with E-state index >= 15 is 0 Å². The molecule has 102 valence electrons. The molecule has 0 saturated carbocycles. The molecule has 17 heavy (non-hydrogen) atoms. The van der Waals surface area contributed by atoms with Gasteiger partial charge in [-0.05, 0) is 37.8 Å². The van der Waals surface area contributed by atoms with Gasteiger partial charge in [-0.2, -0.15) is 8.42 Å². The van der Waals surface area contributed by atoms with Crippen molar-refractivity contribution in [3.63, 3.8) is 0 Å². The summed E-state index contributed by atoms with van der Waals surface area (Å²) in [6.07, 6.45) is 2.16. The Hall–Kier alpha value is -0.170. The Morgan fingerprint density at radius 1 is 1.29 bits per heavy atom. The molecule has 0 aromatic carbocycles. The Balaban J connectivity index is 2.24. The highest BCUT2D eigenvalue weighted by molar-refractivity contribution is 7.87. The van der Waals surface area contributed by atoms with E-state index in [1.807, 2.05) is 0 Å². The van der Waals surface area contributed by atoms with Crippen LogP contribution < -0.4 is 9.44 Å². The summed E-state index contributed by atoms with van der Waals surface area (Å²) >= 11 is 0. The normalized spacial score (nSPS) is 20.0. The maximum Gasteiger partial charge on any atom is 0.276 e. The van der Waals surface area contributed by atoms with E-state index in [0.29, 0.717) is 18.4 Å². The van der Waals surface area contributed by atoms with Crippen LogP contribution in [0.2, 0.25) is 0 Å². The lowest BCUT2D eigenvalue weighted by atomic mass is 9.96. The predicted molar refractivity (Wildman–Crippen MR) is 70.0 cm³/mol. The molecule has 0 amide bonds. The zero-order chi connectivity index (χ0) is 12.9. The first-order valence-electron chi connectivity index (χ1n) is 6.33. The van der Waals surface area contributed by atoms with Crippen LogP contribution >= 0.6 is 0 Å². The fraction of sp³-hybridized carbons (Fsp3) is 1.00. The van der Waals surface area contributed by atoms with Crippen molar-refractivity contribution < 1.29 is 8.42 Å². The van der Waals surface area contributed by atoms with Crippen molar-refractivity contribution in [1.29, 1.82) is 0 Å². The fourth-order valence-corrected chi connectivity index (χ4v) is 2.79. The van der Waals surface area contributed by atoms with Gasteiger partial charge in [-0.25, -0.2) is 9.44 Å². The second-order valence-electron chi connectivity index (χ2n) is 5.19. The summed E-state index contributed by atoms with van der Waals surface area (Å²) in [5, 5.41) is 0. The van der Waals surface area contributed by atoms with Crippen LogP contribution in [0.5, 0.6) is 0 Å². The first-order chi connectivity index (χ1) is 7.93. The third-order valence-corrected chi connectivity index (χ3v) is 4.25. The van der Waals surface area contributed by atoms with E-state index < -0.39 is 10.2 Å². The van der Waals surface area contributed by atoms with Gasteiger partial charge in [0.25, 0.3) is 10.2 Å². The van der Waals surface area contributed by atoms with Crippen LogP contribution in [0.1, 0.15) is 26.7 Å². The SMILES string of the molecule is CNS(=O)(=O)NCC1CCN(CC(C)C)CC1. The molecule has 1 aliphatic heterocycles. The van der Waals surface area contributed by atoms with Crippen molar-refractivity contribution in [2.45, 2.75) is 26.7 Å². The molecular weight excluding hydrogens is 238 g/mol. The Morgan fingerprint density at radius 3 is 2.35 bits per heavy atom. The lowest BCUT2D eigenvalue weighted by Crippen LogP contribution is -2.42. The molecule has 0 bridgehead atoms. The molecular formula is C11H25N3O2S. The minimum absolute atomic E-state index is 0.474. The van der Waals surface area contributed by atoms with Crippen molar-refractivity contribution >= 4 is 10.2 Å². The zero-order valence-electron chi connectivity index (χ0n) is 11.1. The molecule has 1 heterocycles. The van der Waals surface area contributed by atoms with Gasteiger partial charge in [-0.1, -0.05) is 13.8 Å². The Labute approximate surface area is 105 Å². The molecule has 2 N–H and O–H groups in total. The van der Waals surface area contributed by atoms with Gasteiger partial charge in [0.1, 0.15) is 0 Å². The first-order valence-corrected chi connectivity index (χ1v) is 7.81. The number of nitrogens with one attached hydrogen (secondary N) is 2. The van der Waals surface area contributed by atoms with Crippen molar-refractivity contribution in [2.24, 2.45) is 11.8 Å². The number of hydrogen-bond donors (Lipinski definition) is 2. The molecule has 0 atom stereocenters. The van der Waals surface area contributed by atoms with Crippen molar-refractivity contribution in [2.75, 3.05) is 33.2 Å². The molecule has 1 saturated heterocycles. The molecule has 0 spiro atoms. The Kier molecular flexibility index (Phi) is 5.85. The Morgan fingerprint density at radius 2 is 1.88 bits per heavy atom. The lowest BCUT2D eigenvalue weighted by Gasteiger charge is -2.32. The van der Waals surface area contributed by atoms with Crippen molar-refractivity contribution in [3.8, 4) is 0 Å². The summed E-state index contributed by atoms with van der Waals surface area (Å²) < 4.78 is 27.3. The quantitative estimate of drug-likeness (QED) is 0.729. The van der Waals surface area contributed by atoms with E-state index in [0.717, 1.165) is 32.5 Å². The number of likely N-dealkylation sites (tertiary alicyclic amines) is 1. The number of hydrogen-bond acceptors (Lipinski definition) is 3. The van der Waals surface area contributed by atoms with Gasteiger partial charge in [-0.3, -0.25) is 0 Å². The van der Waals surface area contributed by atoms with Crippen LogP contribution in [0, 0.1) is 11.8 Å². The van der Waals surface area contributed by atoms with Gasteiger partial charge in [-0.15, -0.1) is 0 Å². The third kappa shape index (κ3) is 5.81. The summed E-state index contributed by atoms with van der Waals surface area (Å²) in [4.78, 5) is 2.47. The summed E-state index contributed by atoms with van der Waals surface area (Å²) in [6, 6.07) is 0. The molecule has 0 unspecified atom stereocenters. The summed E-state index contributed by atoms with van der Waals surface area (Å²) in [5.74, 6) is 1.18. The largest absolute Gasteiger partial charge is 0.303 e. The average Bonchev–Trinajstić information content (AvgIpc) is 2.28. The van der Waals surface area contributed by atoms with Crippen LogP contribution in [-0.2, 0) is 10.2 Å². The second kappa shape index (κ2) is 6.68. The van der Waals surface area contributed by atoms with Crippen LogP contribution in [0.15, 0.2) is 0 Å². The second-order valence-corrected chi connectivity index (χ2v) is 6.90. The fourth-order valence-electron chi connectivity index (χ4n) is 2.19. The number of piperidine rings is 1. The lowest BCUT2D eigenvalue weighted by molar-refractivity contribution is 0.169. The van der Waals surface area contributed by atoms with Gasteiger partial charge in [0.15, 0.2) is 0 Å². The molecule has 0 aromatic heterocycles. The first kappa shape index (κ1) is 14.9. The highest BCUT2D eigenvalue weighted by atomic mass is 32.2. The molecule has 1 aliphatic rings. The van der Waals surface area contributed by atoms with Crippen LogP contribution in [0.25, 0.3) is 0 Å². The van der Waals surface area contributed by atoms with E-state index in [2.05, 4.69) is 28.2 Å². The predicted octanol–water partition coefficient (Wildman–Crippen LogP) is 0.408. The summed E-state index contributed by atoms with van der Waals surface area (Å²) in [6.45, 7) is 8.34. The van der Waals surface area contributed by atoms with E-state index in [9.17, 15) is 8.42 Å². The van der Waals surface area contributed by atoms with E-state index in [1.54, 1.807) is 0 Å². The van der Waals surface area contributed by atoms with Gasteiger partial charge in [0.2, 0.25) is 0 Å². The number of rotatable bonds is 6. The molecule has 0 aromatic rings. The van der Waals surface area contributed by atoms with Crippen LogP contribution in [-0.4, -0.2) is 46.5 Å². The van der Waals surface area contributed by atoms with Gasteiger partial charge < -0.3 is 4.90 Å². The molecule has 5 nitrogen and oxygen atoms in total. The van der Waals surface area contributed by atoms with Crippen LogP contribution in [0.4, 0.5) is 0 Å². The smallest absolute Gasteiger partial charge is 0.276 e. The van der Waals surface area contributed by atoms with Gasteiger partial charge >= 0.3 is 0 Å². The van der Waals surface area contributed by atoms with Crippen molar-refractivity contribution in [1.82, 2.24) is 14.3 Å². The maximum atomic E-state index is 11.2. The molecule has 0 radical (unpaired) electrons. The molecule has 6 heteroatoms. The van der Waals surface area contributed by atoms with Crippen LogP contribution in [0.3, 0.4) is 0 Å². The van der Waals surface area contributed by atoms with Gasteiger partial charge in [0.05, 0.1) is 0 Å². The van der Waals surface area contributed by atoms with Crippen molar-refractivity contribution in [3.05, 3.63) is 0 Å². The maximum absolute atomic E-state index is 11.2. The molecule has 1 fully saturated rings. The highest BCUT2D eigenvalue weighted by Gasteiger charge is 2.20. The monoisotopic (exact) mass is 263 g/mol. The topological polar surface area (TPSA) is 61.4 Å². The summed E-state index contributed by atoms with van der Waals surface area (Å²) in [7, 11) is -1.84. The van der Waals surface area contributed by atoms with E-state index in [4.69, 9.17) is 0 Å². The van der Waals surface area contributed by atoms with E-state index in [-0.39, 0.29) is 0 Å². The minimum atomic E-state index is -3.27. The minimum Gasteiger partial charge on any atom is -0.303 e. The molecule has 0 aliphatic carbocycles. The van der Waals surface area contributed by atoms with E-state index in [1.165, 1.54) is 7.05 Å². The average molecular weight is 263 g/mol. The Bertz CT molecular complexity index is 309.